The van der Waals surface area contributed by atoms with E-state index >= 15 is 0 Å². The number of amides is 1. The van der Waals surface area contributed by atoms with E-state index in [1.54, 1.807) is 33.5 Å². The smallest absolute Gasteiger partial charge is 0.234 e. The Morgan fingerprint density at radius 3 is 2.30 bits per heavy atom. The summed E-state index contributed by atoms with van der Waals surface area (Å²) >= 11 is 1.25. The first-order valence-electron chi connectivity index (χ1n) is 9.32. The number of nitrogens with one attached hydrogen (secondary N) is 2. The Labute approximate surface area is 179 Å². The lowest BCUT2D eigenvalue weighted by Crippen LogP contribution is -2.14. The highest BCUT2D eigenvalue weighted by atomic mass is 32.2. The van der Waals surface area contributed by atoms with Crippen molar-refractivity contribution in [2.45, 2.75) is 18.5 Å². The Hall–Kier alpha value is -3.20. The Balaban J connectivity index is 1.65. The Morgan fingerprint density at radius 1 is 1.07 bits per heavy atom. The van der Waals surface area contributed by atoms with Gasteiger partial charge in [-0.2, -0.15) is 0 Å². The molecular weight excluding hydrogens is 404 g/mol. The van der Waals surface area contributed by atoms with Gasteiger partial charge in [0.1, 0.15) is 0 Å². The summed E-state index contributed by atoms with van der Waals surface area (Å²) < 4.78 is 16.1. The lowest BCUT2D eigenvalue weighted by atomic mass is 10.1. The average molecular weight is 429 g/mol. The van der Waals surface area contributed by atoms with Crippen LogP contribution in [-0.2, 0) is 11.2 Å². The summed E-state index contributed by atoms with van der Waals surface area (Å²) in [6.45, 7) is 2.09. The van der Waals surface area contributed by atoms with E-state index in [4.69, 9.17) is 14.2 Å². The quantitative estimate of drug-likeness (QED) is 0.500. The predicted octanol–water partition coefficient (Wildman–Crippen LogP) is 3.79. The van der Waals surface area contributed by atoms with Gasteiger partial charge < -0.3 is 19.5 Å². The molecule has 1 amide bonds. The van der Waals surface area contributed by atoms with Gasteiger partial charge in [-0.25, -0.2) is 4.98 Å². The third kappa shape index (κ3) is 5.04. The Bertz CT molecular complexity index is 979. The molecule has 0 bridgehead atoms. The summed E-state index contributed by atoms with van der Waals surface area (Å²) in [4.78, 5) is 16.7. The highest BCUT2D eigenvalue weighted by molar-refractivity contribution is 7.99. The topological polar surface area (TPSA) is 98.4 Å². The van der Waals surface area contributed by atoms with Crippen molar-refractivity contribution < 1.29 is 19.0 Å². The number of rotatable bonds is 9. The fourth-order valence-electron chi connectivity index (χ4n) is 2.81. The van der Waals surface area contributed by atoms with Gasteiger partial charge in [0.25, 0.3) is 0 Å². The summed E-state index contributed by atoms with van der Waals surface area (Å²) in [6, 6.07) is 11.4. The van der Waals surface area contributed by atoms with Crippen LogP contribution in [0.4, 0.5) is 5.69 Å². The Kier molecular flexibility index (Phi) is 7.18. The number of hydrogen-bond donors (Lipinski definition) is 2. The molecule has 0 fully saturated rings. The molecule has 2 aromatic carbocycles. The first-order chi connectivity index (χ1) is 14.6. The predicted molar refractivity (Wildman–Crippen MR) is 117 cm³/mol. The largest absolute Gasteiger partial charge is 0.493 e. The maximum absolute atomic E-state index is 12.2. The third-order valence-corrected chi connectivity index (χ3v) is 5.23. The first-order valence-corrected chi connectivity index (χ1v) is 10.3. The fourth-order valence-corrected chi connectivity index (χ4v) is 3.41. The molecule has 0 saturated heterocycles. The minimum atomic E-state index is -0.122. The van der Waals surface area contributed by atoms with E-state index in [2.05, 4.69) is 27.4 Å². The number of thioether (sulfide) groups is 1. The highest BCUT2D eigenvalue weighted by Gasteiger charge is 2.16. The number of methoxy groups -OCH3 is 3. The van der Waals surface area contributed by atoms with Crippen molar-refractivity contribution in [2.24, 2.45) is 0 Å². The van der Waals surface area contributed by atoms with E-state index in [1.807, 2.05) is 24.3 Å². The van der Waals surface area contributed by atoms with Crippen molar-refractivity contribution in [3.05, 3.63) is 42.0 Å². The number of H-pyrrole nitrogens is 1. The van der Waals surface area contributed by atoms with Crippen molar-refractivity contribution in [3.63, 3.8) is 0 Å². The summed E-state index contributed by atoms with van der Waals surface area (Å²) in [6.07, 6.45) is 0.961. The van der Waals surface area contributed by atoms with Gasteiger partial charge in [0, 0.05) is 11.3 Å². The number of carbonyl (C=O) groups is 1. The minimum Gasteiger partial charge on any atom is -0.493 e. The molecule has 1 aromatic heterocycles. The maximum atomic E-state index is 12.2. The van der Waals surface area contributed by atoms with Gasteiger partial charge in [-0.15, -0.1) is 5.10 Å². The number of aromatic nitrogens is 3. The lowest BCUT2D eigenvalue weighted by molar-refractivity contribution is -0.113. The van der Waals surface area contributed by atoms with Gasteiger partial charge in [0.2, 0.25) is 16.8 Å². The molecule has 0 aliphatic rings. The zero-order valence-electron chi connectivity index (χ0n) is 17.3. The number of ether oxygens (including phenoxy) is 3. The first kappa shape index (κ1) is 21.5. The van der Waals surface area contributed by atoms with Crippen molar-refractivity contribution in [2.75, 3.05) is 32.4 Å². The number of hydrogen-bond acceptors (Lipinski definition) is 7. The lowest BCUT2D eigenvalue weighted by Gasteiger charge is -2.13. The molecule has 0 radical (unpaired) electrons. The number of benzene rings is 2. The van der Waals surface area contributed by atoms with E-state index in [1.165, 1.54) is 17.3 Å². The van der Waals surface area contributed by atoms with Crippen LogP contribution in [-0.4, -0.2) is 48.2 Å². The molecule has 3 rings (SSSR count). The van der Waals surface area contributed by atoms with E-state index in [-0.39, 0.29) is 11.7 Å². The van der Waals surface area contributed by atoms with E-state index in [0.29, 0.717) is 28.2 Å². The minimum absolute atomic E-state index is 0.122. The molecule has 158 valence electrons. The summed E-state index contributed by atoms with van der Waals surface area (Å²) in [5.74, 6) is 2.15. The highest BCUT2D eigenvalue weighted by Crippen LogP contribution is 2.40. The van der Waals surface area contributed by atoms with Crippen molar-refractivity contribution in [1.82, 2.24) is 15.2 Å². The molecule has 0 aliphatic carbocycles. The van der Waals surface area contributed by atoms with Gasteiger partial charge in [-0.05, 0) is 36.2 Å². The standard InChI is InChI=1S/C21H24N4O4S/c1-5-13-6-8-15(9-7-13)22-18(26)12-30-21-23-20(24-25-21)14-10-16(27-2)19(29-4)17(11-14)28-3/h6-11H,5,12H2,1-4H3,(H,22,26)(H,23,24,25). The van der Waals surface area contributed by atoms with Crippen LogP contribution >= 0.6 is 11.8 Å². The van der Waals surface area contributed by atoms with Gasteiger partial charge >= 0.3 is 0 Å². The number of aryl methyl sites for hydroxylation is 1. The molecule has 9 heteroatoms. The molecule has 1 heterocycles. The van der Waals surface area contributed by atoms with E-state index in [0.717, 1.165) is 17.7 Å². The van der Waals surface area contributed by atoms with E-state index in [9.17, 15) is 4.79 Å². The van der Waals surface area contributed by atoms with Crippen LogP contribution < -0.4 is 19.5 Å². The average Bonchev–Trinajstić information content (AvgIpc) is 3.26. The molecule has 0 unspecified atom stereocenters. The SMILES string of the molecule is CCc1ccc(NC(=O)CSc2n[nH]c(-c3cc(OC)c(OC)c(OC)c3)n2)cc1. The molecule has 30 heavy (non-hydrogen) atoms. The van der Waals surface area contributed by atoms with Gasteiger partial charge in [0.05, 0.1) is 27.1 Å². The number of aromatic amines is 1. The Morgan fingerprint density at radius 2 is 1.73 bits per heavy atom. The van der Waals surface area contributed by atoms with Crippen LogP contribution in [0.2, 0.25) is 0 Å². The molecule has 0 aliphatic heterocycles. The van der Waals surface area contributed by atoms with Gasteiger partial charge in [-0.3, -0.25) is 9.89 Å². The molecular formula is C21H24N4O4S. The van der Waals surface area contributed by atoms with Gasteiger partial charge in [-0.1, -0.05) is 30.8 Å². The second kappa shape index (κ2) is 10.0. The monoisotopic (exact) mass is 428 g/mol. The van der Waals surface area contributed by atoms with Crippen molar-refractivity contribution in [1.29, 1.82) is 0 Å². The van der Waals surface area contributed by atoms with Crippen molar-refractivity contribution >= 4 is 23.4 Å². The number of carbonyl (C=O) groups excluding carboxylic acids is 1. The molecule has 8 nitrogen and oxygen atoms in total. The molecule has 0 atom stereocenters. The number of anilines is 1. The normalized spacial score (nSPS) is 10.5. The molecule has 2 N–H and O–H groups in total. The van der Waals surface area contributed by atoms with Crippen LogP contribution in [0.25, 0.3) is 11.4 Å². The second-order valence-electron chi connectivity index (χ2n) is 6.27. The summed E-state index contributed by atoms with van der Waals surface area (Å²) in [5, 5.41) is 10.4. The molecule has 0 spiro atoms. The van der Waals surface area contributed by atoms with Crippen LogP contribution in [0.15, 0.2) is 41.6 Å². The van der Waals surface area contributed by atoms with Gasteiger partial charge in [0.15, 0.2) is 17.3 Å². The molecule has 3 aromatic rings. The summed E-state index contributed by atoms with van der Waals surface area (Å²) in [5.41, 5.74) is 2.72. The number of nitrogens with zero attached hydrogens (tertiary/aromatic N) is 2. The van der Waals surface area contributed by atoms with Crippen LogP contribution in [0.1, 0.15) is 12.5 Å². The third-order valence-electron chi connectivity index (χ3n) is 4.38. The fraction of sp³-hybridized carbons (Fsp3) is 0.286. The van der Waals surface area contributed by atoms with Crippen LogP contribution in [0.5, 0.6) is 17.2 Å². The zero-order valence-corrected chi connectivity index (χ0v) is 18.1. The maximum Gasteiger partial charge on any atom is 0.234 e. The summed E-state index contributed by atoms with van der Waals surface area (Å²) in [7, 11) is 4.65. The van der Waals surface area contributed by atoms with Crippen LogP contribution in [0.3, 0.4) is 0 Å². The van der Waals surface area contributed by atoms with E-state index < -0.39 is 0 Å². The second-order valence-corrected chi connectivity index (χ2v) is 7.21. The zero-order chi connectivity index (χ0) is 21.5. The van der Waals surface area contributed by atoms with Crippen LogP contribution in [0, 0.1) is 0 Å². The molecule has 0 saturated carbocycles. The van der Waals surface area contributed by atoms with Crippen molar-refractivity contribution in [3.8, 4) is 28.6 Å².